The number of nitrogens with one attached hydrogen (secondary N) is 1. The van der Waals surface area contributed by atoms with Gasteiger partial charge in [0.2, 0.25) is 0 Å². The lowest BCUT2D eigenvalue weighted by Crippen LogP contribution is -2.30. The van der Waals surface area contributed by atoms with Crippen LogP contribution in [0.3, 0.4) is 0 Å². The lowest BCUT2D eigenvalue weighted by Gasteiger charge is -2.26. The van der Waals surface area contributed by atoms with Crippen LogP contribution in [0.2, 0.25) is 0 Å². The fourth-order valence-electron chi connectivity index (χ4n) is 2.33. The van der Waals surface area contributed by atoms with Gasteiger partial charge in [0.15, 0.2) is 0 Å². The van der Waals surface area contributed by atoms with E-state index in [2.05, 4.69) is 33.0 Å². The van der Waals surface area contributed by atoms with Crippen LogP contribution >= 0.6 is 0 Å². The summed E-state index contributed by atoms with van der Waals surface area (Å²) in [5.41, 5.74) is 0.238. The molecule has 0 aliphatic heterocycles. The molecule has 0 saturated carbocycles. The van der Waals surface area contributed by atoms with E-state index >= 15 is 0 Å². The van der Waals surface area contributed by atoms with Crippen LogP contribution in [0.5, 0.6) is 0 Å². The van der Waals surface area contributed by atoms with Crippen molar-refractivity contribution in [3.05, 3.63) is 0 Å². The van der Waals surface area contributed by atoms with Crippen molar-refractivity contribution in [2.45, 2.75) is 65.6 Å². The highest BCUT2D eigenvalue weighted by atomic mass is 19.4. The zero-order chi connectivity index (χ0) is 13.7. The Labute approximate surface area is 103 Å². The van der Waals surface area contributed by atoms with Crippen molar-refractivity contribution in [3.63, 3.8) is 0 Å². The minimum Gasteiger partial charge on any atom is -0.317 e. The van der Waals surface area contributed by atoms with E-state index in [9.17, 15) is 13.2 Å². The van der Waals surface area contributed by atoms with E-state index in [-0.39, 0.29) is 17.9 Å². The van der Waals surface area contributed by atoms with Crippen molar-refractivity contribution in [3.8, 4) is 0 Å². The quantitative estimate of drug-likeness (QED) is 0.740. The molecule has 0 aliphatic rings. The van der Waals surface area contributed by atoms with Gasteiger partial charge < -0.3 is 5.32 Å². The van der Waals surface area contributed by atoms with Gasteiger partial charge in [-0.25, -0.2) is 0 Å². The van der Waals surface area contributed by atoms with Crippen LogP contribution in [0.15, 0.2) is 0 Å². The maximum Gasteiger partial charge on any atom is 0.389 e. The molecule has 0 aromatic carbocycles. The molecule has 0 aromatic heterocycles. The predicted molar refractivity (Wildman–Crippen MR) is 66.0 cm³/mol. The van der Waals surface area contributed by atoms with Crippen LogP contribution in [0.4, 0.5) is 13.2 Å². The lowest BCUT2D eigenvalue weighted by atomic mass is 9.82. The Morgan fingerprint density at radius 3 is 2.00 bits per heavy atom. The largest absolute Gasteiger partial charge is 0.389 e. The summed E-state index contributed by atoms with van der Waals surface area (Å²) in [6, 6.07) is -0.0334. The van der Waals surface area contributed by atoms with Gasteiger partial charge in [-0.1, -0.05) is 27.7 Å². The first-order valence-corrected chi connectivity index (χ1v) is 6.27. The number of rotatable bonds is 6. The van der Waals surface area contributed by atoms with Gasteiger partial charge in [-0.05, 0) is 37.6 Å². The summed E-state index contributed by atoms with van der Waals surface area (Å²) in [4.78, 5) is 0. The van der Waals surface area contributed by atoms with E-state index in [1.54, 1.807) is 7.05 Å². The standard InChI is InChI=1S/C13H26F3N/c1-10(9-12(2,3)4)8-11(17-5)6-7-13(14,15)16/h10-11,17H,6-9H2,1-5H3. The van der Waals surface area contributed by atoms with Gasteiger partial charge in [-0.15, -0.1) is 0 Å². The monoisotopic (exact) mass is 253 g/mol. The molecule has 0 rings (SSSR count). The molecule has 2 unspecified atom stereocenters. The molecule has 0 fully saturated rings. The molecule has 2 atom stereocenters. The fraction of sp³-hybridized carbons (Fsp3) is 1.00. The van der Waals surface area contributed by atoms with Crippen molar-refractivity contribution in [2.24, 2.45) is 11.3 Å². The van der Waals surface area contributed by atoms with E-state index in [4.69, 9.17) is 0 Å². The SMILES string of the molecule is CNC(CCC(F)(F)F)CC(C)CC(C)(C)C. The first kappa shape index (κ1) is 16.8. The van der Waals surface area contributed by atoms with Crippen LogP contribution in [-0.2, 0) is 0 Å². The second-order valence-electron chi connectivity index (χ2n) is 6.25. The summed E-state index contributed by atoms with van der Waals surface area (Å²) < 4.78 is 36.4. The molecule has 0 bridgehead atoms. The number of alkyl halides is 3. The topological polar surface area (TPSA) is 12.0 Å². The maximum atomic E-state index is 12.1. The zero-order valence-corrected chi connectivity index (χ0v) is 11.6. The van der Waals surface area contributed by atoms with E-state index in [1.807, 2.05) is 0 Å². The van der Waals surface area contributed by atoms with Crippen LogP contribution < -0.4 is 5.32 Å². The highest BCUT2D eigenvalue weighted by molar-refractivity contribution is 4.73. The molecule has 104 valence electrons. The molecule has 1 nitrogen and oxygen atoms in total. The highest BCUT2D eigenvalue weighted by Gasteiger charge is 2.28. The first-order valence-electron chi connectivity index (χ1n) is 6.27. The first-order chi connectivity index (χ1) is 7.53. The molecule has 0 radical (unpaired) electrons. The normalized spacial score (nSPS) is 16.9. The molecule has 0 spiro atoms. The van der Waals surface area contributed by atoms with Crippen molar-refractivity contribution in [1.29, 1.82) is 0 Å². The Morgan fingerprint density at radius 2 is 1.65 bits per heavy atom. The Kier molecular flexibility index (Phi) is 6.52. The van der Waals surface area contributed by atoms with E-state index in [1.165, 1.54) is 0 Å². The van der Waals surface area contributed by atoms with E-state index in [0.717, 1.165) is 12.8 Å². The molecule has 0 amide bonds. The summed E-state index contributed by atoms with van der Waals surface area (Å²) in [6.07, 6.45) is -2.71. The van der Waals surface area contributed by atoms with Gasteiger partial charge in [-0.3, -0.25) is 0 Å². The summed E-state index contributed by atoms with van der Waals surface area (Å²) in [6.45, 7) is 8.60. The van der Waals surface area contributed by atoms with Crippen molar-refractivity contribution < 1.29 is 13.2 Å². The van der Waals surface area contributed by atoms with Crippen LogP contribution in [0.1, 0.15) is 53.4 Å². The summed E-state index contributed by atoms with van der Waals surface area (Å²) in [5.74, 6) is 0.445. The zero-order valence-electron chi connectivity index (χ0n) is 11.6. The maximum absolute atomic E-state index is 12.1. The third kappa shape index (κ3) is 10.6. The minimum atomic E-state index is -4.04. The Morgan fingerprint density at radius 1 is 1.12 bits per heavy atom. The molecule has 0 aromatic rings. The molecular formula is C13H26F3N. The number of hydrogen-bond acceptors (Lipinski definition) is 1. The second kappa shape index (κ2) is 6.62. The summed E-state index contributed by atoms with van der Waals surface area (Å²) in [7, 11) is 1.74. The van der Waals surface area contributed by atoms with Gasteiger partial charge in [-0.2, -0.15) is 13.2 Å². The predicted octanol–water partition coefficient (Wildman–Crippen LogP) is 4.38. The average Bonchev–Trinajstić information content (AvgIpc) is 2.07. The average molecular weight is 253 g/mol. The smallest absolute Gasteiger partial charge is 0.317 e. The third-order valence-corrected chi connectivity index (χ3v) is 2.83. The van der Waals surface area contributed by atoms with Crippen LogP contribution in [-0.4, -0.2) is 19.3 Å². The summed E-state index contributed by atoms with van der Waals surface area (Å²) >= 11 is 0. The van der Waals surface area contributed by atoms with Gasteiger partial charge in [0, 0.05) is 12.5 Å². The van der Waals surface area contributed by atoms with Gasteiger partial charge >= 0.3 is 6.18 Å². The Bertz CT molecular complexity index is 206. The fourth-order valence-corrected chi connectivity index (χ4v) is 2.33. The summed E-state index contributed by atoms with van der Waals surface area (Å²) in [5, 5.41) is 2.99. The van der Waals surface area contributed by atoms with Crippen LogP contribution in [0.25, 0.3) is 0 Å². The number of halogens is 3. The minimum absolute atomic E-state index is 0.0334. The molecule has 4 heteroatoms. The molecule has 0 heterocycles. The Hall–Kier alpha value is -0.250. The van der Waals surface area contributed by atoms with Crippen molar-refractivity contribution in [2.75, 3.05) is 7.05 Å². The van der Waals surface area contributed by atoms with Crippen molar-refractivity contribution >= 4 is 0 Å². The molecule has 0 aliphatic carbocycles. The van der Waals surface area contributed by atoms with Crippen LogP contribution in [0, 0.1) is 11.3 Å². The van der Waals surface area contributed by atoms with Gasteiger partial charge in [0.1, 0.15) is 0 Å². The van der Waals surface area contributed by atoms with E-state index in [0.29, 0.717) is 5.92 Å². The molecular weight excluding hydrogens is 227 g/mol. The van der Waals surface area contributed by atoms with E-state index < -0.39 is 12.6 Å². The Balaban J connectivity index is 4.04. The molecule has 1 N–H and O–H groups in total. The van der Waals surface area contributed by atoms with Gasteiger partial charge in [0.25, 0.3) is 0 Å². The number of hydrogen-bond donors (Lipinski definition) is 1. The molecule has 0 saturated heterocycles. The van der Waals surface area contributed by atoms with Gasteiger partial charge in [0.05, 0.1) is 0 Å². The molecule has 17 heavy (non-hydrogen) atoms. The third-order valence-electron chi connectivity index (χ3n) is 2.83. The van der Waals surface area contributed by atoms with Crippen molar-refractivity contribution in [1.82, 2.24) is 5.32 Å². The second-order valence-corrected chi connectivity index (χ2v) is 6.25. The lowest BCUT2D eigenvalue weighted by molar-refractivity contribution is -0.136. The highest BCUT2D eigenvalue weighted by Crippen LogP contribution is 2.29.